The van der Waals surface area contributed by atoms with Gasteiger partial charge in [-0.15, -0.1) is 11.3 Å². The van der Waals surface area contributed by atoms with Crippen molar-refractivity contribution in [3.8, 4) is 158 Å². The summed E-state index contributed by atoms with van der Waals surface area (Å²) in [5.41, 5.74) is 29.5. The highest BCUT2D eigenvalue weighted by molar-refractivity contribution is 7.26. The third-order valence-electron chi connectivity index (χ3n) is 28.5. The summed E-state index contributed by atoms with van der Waals surface area (Å²) in [5, 5.41) is 4.45. The van der Waals surface area contributed by atoms with E-state index in [2.05, 4.69) is 405 Å². The monoisotopic (exact) mass is 1710 g/mol. The molecule has 0 radical (unpaired) electrons. The lowest BCUT2D eigenvalue weighted by Crippen LogP contribution is -2.31. The molecule has 23 rings (SSSR count). The fourth-order valence-corrected chi connectivity index (χ4v) is 23.9. The Morgan fingerprint density at radius 2 is 0.557 bits per heavy atom. The van der Waals surface area contributed by atoms with Crippen LogP contribution in [0.5, 0.6) is 0 Å². The first-order valence-electron chi connectivity index (χ1n) is 45.6. The molecule has 0 N–H and O–H groups in total. The van der Waals surface area contributed by atoms with Gasteiger partial charge in [0.15, 0.2) is 52.4 Å². The van der Waals surface area contributed by atoms with Crippen LogP contribution in [-0.2, 0) is 32.5 Å². The van der Waals surface area contributed by atoms with Gasteiger partial charge in [-0.3, -0.25) is 0 Å². The number of fused-ring (bicyclic) bond motifs is 9. The van der Waals surface area contributed by atoms with Gasteiger partial charge in [0.2, 0.25) is 0 Å². The van der Waals surface area contributed by atoms with Crippen molar-refractivity contribution in [1.29, 1.82) is 0 Å². The highest BCUT2D eigenvalue weighted by Crippen LogP contribution is 2.60. The Kier molecular flexibility index (Phi) is 18.8. The van der Waals surface area contributed by atoms with E-state index in [0.29, 0.717) is 52.4 Å². The minimum absolute atomic E-state index is 0.00101. The molecule has 10 nitrogen and oxygen atoms in total. The van der Waals surface area contributed by atoms with Crippen LogP contribution in [0.1, 0.15) is 141 Å². The number of thiophene rings is 1. The molecule has 5 heterocycles. The maximum absolute atomic E-state index is 6.61. The molecular formula is C120H97N9OS. The first kappa shape index (κ1) is 80.9. The Morgan fingerprint density at radius 1 is 0.229 bits per heavy atom. The summed E-state index contributed by atoms with van der Waals surface area (Å²) < 4.78 is 9.06. The predicted molar refractivity (Wildman–Crippen MR) is 539 cm³/mol. The SMILES string of the molecule is CC1(C)CC(C)(C)c2cc(-c3nc(-c4ccc(-c5cccc(-c6ccc(-c7nc(-c8cc(-c9ccccc9)cc(-c9ccccc9)c8)nc(-c8ccc9c(c8)C(C)(C)C(c8ccc(-c%10cccc(-c%11nc(-c%12ccc%13c(c%12)C(C)(C)CC%13(C)C)nc(-c%12cccc%13sc%14ccccc%14c%12%13)n%11)c%10)cc8)C9(C)C)n7)cc6)c5)cc4)nc(-c4cccc5c4oc4ccccc45)n3)ccc21. The summed E-state index contributed by atoms with van der Waals surface area (Å²) in [4.78, 5) is 48.6. The summed E-state index contributed by atoms with van der Waals surface area (Å²) in [7, 11) is 0. The van der Waals surface area contributed by atoms with Gasteiger partial charge in [0.25, 0.3) is 0 Å². The molecule has 5 aromatic heterocycles. The van der Waals surface area contributed by atoms with E-state index in [1.165, 1.54) is 59.1 Å². The standard InChI is InChI=1S/C120H97N9OS/c1-115(2)69-117(5,6)97-66-83(55-58-94(97)115)110-122-107(126-114(129-110)93-39-25-37-90-89-35-19-21-40-100(89)130-104(90)93)78-53-47-75(48-54-78)80-32-23-31-79(61-80)74-45-51-77(52-46-74)106-121-109(125-112(123-106)88-64-86(71-27-15-13-16-28-71)63-87(65-88)72-29-17-14-18-30-72)85-57-60-96-99(68-85)120(11,12)105(119(96,9)10)76-49-43-73(44-50-76)81-33-24-34-82(62-81)108-124-111(84-56-59-95-98(67-84)118(7,8)70-116(95,3)4)128-113(127-108)92-38-26-42-102-103(92)91-36-20-22-41-101(91)131-102/h13-68,105H,69-70H2,1-12H3. The molecule has 15 aromatic carbocycles. The maximum Gasteiger partial charge on any atom is 0.167 e. The van der Waals surface area contributed by atoms with Crippen molar-refractivity contribution in [1.82, 2.24) is 44.9 Å². The van der Waals surface area contributed by atoms with Gasteiger partial charge in [-0.2, -0.15) is 0 Å². The Labute approximate surface area is 768 Å². The first-order chi connectivity index (χ1) is 63.3. The normalized spacial score (nSPS) is 15.9. The van der Waals surface area contributed by atoms with Crippen LogP contribution in [0.3, 0.4) is 0 Å². The molecule has 3 aliphatic rings. The van der Waals surface area contributed by atoms with E-state index in [4.69, 9.17) is 49.3 Å². The van der Waals surface area contributed by atoms with Gasteiger partial charge in [-0.25, -0.2) is 44.9 Å². The van der Waals surface area contributed by atoms with Crippen LogP contribution in [0.25, 0.3) is 200 Å². The summed E-state index contributed by atoms with van der Waals surface area (Å²) >= 11 is 1.81. The van der Waals surface area contributed by atoms with Crippen molar-refractivity contribution in [3.05, 3.63) is 379 Å². The molecule has 0 aliphatic heterocycles. The Morgan fingerprint density at radius 3 is 1.09 bits per heavy atom. The molecule has 11 heteroatoms. The molecule has 20 aromatic rings. The molecule has 0 bridgehead atoms. The fourth-order valence-electron chi connectivity index (χ4n) is 22.8. The molecule has 0 spiro atoms. The van der Waals surface area contributed by atoms with Crippen LogP contribution in [0, 0.1) is 0 Å². The lowest BCUT2D eigenvalue weighted by molar-refractivity contribution is 0.330. The molecule has 131 heavy (non-hydrogen) atoms. The van der Waals surface area contributed by atoms with Crippen molar-refractivity contribution < 1.29 is 4.42 Å². The first-order valence-corrected chi connectivity index (χ1v) is 46.5. The Bertz CT molecular complexity index is 7960. The van der Waals surface area contributed by atoms with E-state index in [1.54, 1.807) is 11.3 Å². The smallest absolute Gasteiger partial charge is 0.167 e. The molecule has 0 saturated carbocycles. The number of hydrogen-bond acceptors (Lipinski definition) is 11. The largest absolute Gasteiger partial charge is 0.455 e. The molecule has 1 unspecified atom stereocenters. The van der Waals surface area contributed by atoms with Crippen LogP contribution < -0.4 is 0 Å². The zero-order chi connectivity index (χ0) is 89.2. The third kappa shape index (κ3) is 14.1. The maximum atomic E-state index is 6.61. The summed E-state index contributed by atoms with van der Waals surface area (Å²) in [5.74, 6) is 5.60. The van der Waals surface area contributed by atoms with Gasteiger partial charge in [0.1, 0.15) is 11.2 Å². The zero-order valence-electron chi connectivity index (χ0n) is 75.7. The highest BCUT2D eigenvalue weighted by Gasteiger charge is 2.52. The molecule has 634 valence electrons. The Hall–Kier alpha value is -14.7. The van der Waals surface area contributed by atoms with Gasteiger partial charge < -0.3 is 4.42 Å². The fraction of sp³-hybridized carbons (Fsp3) is 0.175. The van der Waals surface area contributed by atoms with Crippen molar-refractivity contribution in [2.45, 2.75) is 134 Å². The number of aromatic nitrogens is 9. The van der Waals surface area contributed by atoms with Crippen molar-refractivity contribution >= 4 is 53.4 Å². The van der Waals surface area contributed by atoms with E-state index < -0.39 is 0 Å². The van der Waals surface area contributed by atoms with E-state index in [9.17, 15) is 0 Å². The second-order valence-corrected chi connectivity index (χ2v) is 41.1. The number of nitrogens with zero attached hydrogens (tertiary/aromatic N) is 9. The van der Waals surface area contributed by atoms with Crippen molar-refractivity contribution in [3.63, 3.8) is 0 Å². The minimum atomic E-state index is -0.323. The van der Waals surface area contributed by atoms with Gasteiger partial charge in [-0.05, 0) is 213 Å². The lowest BCUT2D eigenvalue weighted by Gasteiger charge is -2.36. The molecular weight excluding hydrogens is 1620 g/mol. The van der Waals surface area contributed by atoms with Gasteiger partial charge in [-0.1, -0.05) is 350 Å². The van der Waals surface area contributed by atoms with Crippen molar-refractivity contribution in [2.24, 2.45) is 0 Å². The van der Waals surface area contributed by atoms with Gasteiger partial charge in [0, 0.05) is 81.4 Å². The quantitative estimate of drug-likeness (QED) is 0.0978. The van der Waals surface area contributed by atoms with E-state index in [0.717, 1.165) is 140 Å². The number of benzene rings is 15. The summed E-state index contributed by atoms with van der Waals surface area (Å²) in [6, 6.07) is 122. The molecule has 1 atom stereocenters. The minimum Gasteiger partial charge on any atom is -0.455 e. The number of hydrogen-bond donors (Lipinski definition) is 0. The topological polar surface area (TPSA) is 129 Å². The molecule has 0 fully saturated rings. The number of para-hydroxylation sites is 2. The third-order valence-corrected chi connectivity index (χ3v) is 29.6. The van der Waals surface area contributed by atoms with Gasteiger partial charge in [0.05, 0.1) is 5.56 Å². The van der Waals surface area contributed by atoms with Crippen LogP contribution in [0.4, 0.5) is 0 Å². The average Bonchev–Trinajstić information content (AvgIpc) is 1.55. The number of furan rings is 1. The van der Waals surface area contributed by atoms with Crippen molar-refractivity contribution in [2.75, 3.05) is 0 Å². The molecule has 3 aliphatic carbocycles. The van der Waals surface area contributed by atoms with Crippen LogP contribution in [0.15, 0.2) is 344 Å². The van der Waals surface area contributed by atoms with E-state index >= 15 is 0 Å². The number of rotatable bonds is 15. The van der Waals surface area contributed by atoms with Crippen LogP contribution >= 0.6 is 11.3 Å². The second-order valence-electron chi connectivity index (χ2n) is 40.0. The van der Waals surface area contributed by atoms with Gasteiger partial charge >= 0.3 is 0 Å². The summed E-state index contributed by atoms with van der Waals surface area (Å²) in [6.07, 6.45) is 2.13. The average molecular weight is 1710 g/mol. The lowest BCUT2D eigenvalue weighted by atomic mass is 9.66. The van der Waals surface area contributed by atoms with Crippen LogP contribution in [0.2, 0.25) is 0 Å². The Balaban J connectivity index is 0.566. The molecule has 0 amide bonds. The molecule has 0 saturated heterocycles. The predicted octanol–water partition coefficient (Wildman–Crippen LogP) is 31.1. The second kappa shape index (κ2) is 30.5. The summed E-state index contributed by atoms with van der Waals surface area (Å²) in [6.45, 7) is 28.5. The van der Waals surface area contributed by atoms with Crippen LogP contribution in [-0.4, -0.2) is 44.9 Å². The van der Waals surface area contributed by atoms with E-state index in [-0.39, 0.29) is 38.4 Å². The van der Waals surface area contributed by atoms with E-state index in [1.807, 2.05) is 18.2 Å². The highest BCUT2D eigenvalue weighted by atomic mass is 32.1. The zero-order valence-corrected chi connectivity index (χ0v) is 76.5.